The van der Waals surface area contributed by atoms with Gasteiger partial charge in [0.2, 0.25) is 0 Å². The van der Waals surface area contributed by atoms with E-state index in [9.17, 15) is 14.7 Å². The predicted molar refractivity (Wildman–Crippen MR) is 104 cm³/mol. The van der Waals surface area contributed by atoms with E-state index in [2.05, 4.69) is 5.32 Å². The molecule has 1 aliphatic carbocycles. The van der Waals surface area contributed by atoms with E-state index in [4.69, 9.17) is 9.47 Å². The van der Waals surface area contributed by atoms with Crippen LogP contribution in [0.5, 0.6) is 11.5 Å². The summed E-state index contributed by atoms with van der Waals surface area (Å²) in [6, 6.07) is 10.4. The summed E-state index contributed by atoms with van der Waals surface area (Å²) < 4.78 is 11.0. The van der Waals surface area contributed by atoms with Crippen LogP contribution < -0.4 is 14.8 Å². The number of benzene rings is 2. The molecule has 0 spiro atoms. The molecule has 6 nitrogen and oxygen atoms in total. The predicted octanol–water partition coefficient (Wildman–Crippen LogP) is 3.97. The molecule has 0 bridgehead atoms. The number of carbonyl (C=O) groups is 2. The highest BCUT2D eigenvalue weighted by Gasteiger charge is 2.37. The minimum absolute atomic E-state index is 0.115. The van der Waals surface area contributed by atoms with E-state index in [1.54, 1.807) is 44.6 Å². The fourth-order valence-electron chi connectivity index (χ4n) is 4.08. The van der Waals surface area contributed by atoms with Gasteiger partial charge in [0.25, 0.3) is 0 Å². The molecule has 0 unspecified atom stereocenters. The van der Waals surface area contributed by atoms with Gasteiger partial charge in [-0.05, 0) is 30.5 Å². The van der Waals surface area contributed by atoms with E-state index < -0.39 is 5.97 Å². The average Bonchev–Trinajstić information content (AvgIpc) is 2.71. The van der Waals surface area contributed by atoms with Gasteiger partial charge >= 0.3 is 5.97 Å². The van der Waals surface area contributed by atoms with Gasteiger partial charge in [0.15, 0.2) is 5.78 Å². The molecule has 2 aliphatic rings. The standard InChI is InChI=1S/C22H21NO5/c1-27-14-10-16-21(18(11-14)28-2)19(12-6-8-13(9-7-12)22(25)26)20-15(23-16)4-3-5-17(20)24/h6-11,19,23H,3-5H2,1-2H3,(H,25,26)/t19-/m0/s1. The van der Waals surface area contributed by atoms with Crippen LogP contribution in [0, 0.1) is 0 Å². The maximum Gasteiger partial charge on any atom is 0.335 e. The maximum absolute atomic E-state index is 12.9. The van der Waals surface area contributed by atoms with E-state index in [1.165, 1.54) is 0 Å². The van der Waals surface area contributed by atoms with E-state index in [0.717, 1.165) is 40.9 Å². The molecule has 144 valence electrons. The highest BCUT2D eigenvalue weighted by atomic mass is 16.5. The Labute approximate surface area is 162 Å². The second-order valence-corrected chi connectivity index (χ2v) is 6.95. The number of carboxylic acid groups (broad SMARTS) is 1. The van der Waals surface area contributed by atoms with Gasteiger partial charge in [0.1, 0.15) is 11.5 Å². The Bertz CT molecular complexity index is 991. The van der Waals surface area contributed by atoms with Gasteiger partial charge in [-0.1, -0.05) is 12.1 Å². The third-order valence-corrected chi connectivity index (χ3v) is 5.38. The van der Waals surface area contributed by atoms with E-state index >= 15 is 0 Å². The lowest BCUT2D eigenvalue weighted by Gasteiger charge is -2.35. The van der Waals surface area contributed by atoms with Crippen molar-refractivity contribution in [1.82, 2.24) is 0 Å². The smallest absolute Gasteiger partial charge is 0.335 e. The Kier molecular flexibility index (Phi) is 4.55. The minimum Gasteiger partial charge on any atom is -0.497 e. The zero-order valence-corrected chi connectivity index (χ0v) is 15.7. The molecule has 0 aromatic heterocycles. The van der Waals surface area contributed by atoms with Crippen LogP contribution in [0.1, 0.15) is 46.7 Å². The summed E-state index contributed by atoms with van der Waals surface area (Å²) in [6.45, 7) is 0. The molecular weight excluding hydrogens is 358 g/mol. The minimum atomic E-state index is -0.978. The summed E-state index contributed by atoms with van der Waals surface area (Å²) in [4.78, 5) is 24.1. The van der Waals surface area contributed by atoms with Crippen molar-refractivity contribution in [3.63, 3.8) is 0 Å². The quantitative estimate of drug-likeness (QED) is 0.836. The van der Waals surface area contributed by atoms with Gasteiger partial charge in [0.05, 0.1) is 19.8 Å². The zero-order valence-electron chi connectivity index (χ0n) is 15.7. The number of carboxylic acids is 1. The number of carbonyl (C=O) groups excluding carboxylic acids is 1. The number of aromatic carboxylic acids is 1. The van der Waals surface area contributed by atoms with Crippen molar-refractivity contribution < 1.29 is 24.2 Å². The molecule has 2 aromatic carbocycles. The summed E-state index contributed by atoms with van der Waals surface area (Å²) >= 11 is 0. The van der Waals surface area contributed by atoms with Crippen LogP contribution in [0.4, 0.5) is 5.69 Å². The van der Waals surface area contributed by atoms with Crippen molar-refractivity contribution in [1.29, 1.82) is 0 Å². The third kappa shape index (κ3) is 2.91. The Balaban J connectivity index is 1.94. The van der Waals surface area contributed by atoms with E-state index in [1.807, 2.05) is 6.07 Å². The molecule has 0 radical (unpaired) electrons. The molecule has 28 heavy (non-hydrogen) atoms. The Morgan fingerprint density at radius 1 is 1.11 bits per heavy atom. The molecule has 2 N–H and O–H groups in total. The second-order valence-electron chi connectivity index (χ2n) is 6.95. The molecule has 4 rings (SSSR count). The van der Waals surface area contributed by atoms with Crippen LogP contribution in [0.2, 0.25) is 0 Å². The summed E-state index contributed by atoms with van der Waals surface area (Å²) in [6.07, 6.45) is 2.12. The van der Waals surface area contributed by atoms with Gasteiger partial charge in [0, 0.05) is 47.0 Å². The maximum atomic E-state index is 12.9. The molecule has 0 saturated carbocycles. The van der Waals surface area contributed by atoms with Crippen molar-refractivity contribution in [2.75, 3.05) is 19.5 Å². The van der Waals surface area contributed by atoms with Gasteiger partial charge < -0.3 is 19.9 Å². The highest BCUT2D eigenvalue weighted by Crippen LogP contribution is 2.50. The molecule has 1 atom stereocenters. The van der Waals surface area contributed by atoms with Crippen LogP contribution in [-0.4, -0.2) is 31.1 Å². The van der Waals surface area contributed by atoms with Crippen molar-refractivity contribution in [3.05, 3.63) is 64.4 Å². The fraction of sp³-hybridized carbons (Fsp3) is 0.273. The zero-order chi connectivity index (χ0) is 19.8. The topological polar surface area (TPSA) is 84.9 Å². The van der Waals surface area contributed by atoms with Gasteiger partial charge in [-0.15, -0.1) is 0 Å². The lowest BCUT2D eigenvalue weighted by atomic mass is 9.75. The van der Waals surface area contributed by atoms with E-state index in [0.29, 0.717) is 17.9 Å². The first-order valence-electron chi connectivity index (χ1n) is 9.16. The summed E-state index contributed by atoms with van der Waals surface area (Å²) in [7, 11) is 3.19. The number of ketones is 1. The van der Waals surface area contributed by atoms with Crippen molar-refractivity contribution >= 4 is 17.4 Å². The normalized spacial score (nSPS) is 18.1. The molecule has 2 aromatic rings. The third-order valence-electron chi connectivity index (χ3n) is 5.38. The number of methoxy groups -OCH3 is 2. The number of hydrogen-bond donors (Lipinski definition) is 2. The highest BCUT2D eigenvalue weighted by molar-refractivity contribution is 6.01. The fourth-order valence-corrected chi connectivity index (χ4v) is 4.08. The second kappa shape index (κ2) is 7.03. The first kappa shape index (κ1) is 18.1. The molecule has 6 heteroatoms. The van der Waals surface area contributed by atoms with Crippen molar-refractivity contribution in [2.24, 2.45) is 0 Å². The lowest BCUT2D eigenvalue weighted by molar-refractivity contribution is -0.116. The number of ether oxygens (including phenoxy) is 2. The number of Topliss-reactive ketones (excluding diaryl/α,β-unsaturated/α-hetero) is 1. The Morgan fingerprint density at radius 3 is 2.50 bits per heavy atom. The molecule has 0 fully saturated rings. The first-order valence-corrected chi connectivity index (χ1v) is 9.16. The monoisotopic (exact) mass is 379 g/mol. The number of allylic oxidation sites excluding steroid dienone is 2. The van der Waals surface area contributed by atoms with Crippen molar-refractivity contribution in [3.8, 4) is 11.5 Å². The van der Waals surface area contributed by atoms with Crippen molar-refractivity contribution in [2.45, 2.75) is 25.2 Å². The van der Waals surface area contributed by atoms with Gasteiger partial charge in [-0.3, -0.25) is 4.79 Å². The molecule has 1 heterocycles. The van der Waals surface area contributed by atoms with E-state index in [-0.39, 0.29) is 17.3 Å². The molecule has 0 saturated heterocycles. The Morgan fingerprint density at radius 2 is 1.86 bits per heavy atom. The summed E-state index contributed by atoms with van der Waals surface area (Å²) in [5.74, 6) is 0.105. The molecule has 0 amide bonds. The largest absolute Gasteiger partial charge is 0.497 e. The van der Waals surface area contributed by atoms with Crippen LogP contribution in [0.15, 0.2) is 47.7 Å². The number of rotatable bonds is 4. The number of anilines is 1. The SMILES string of the molecule is COc1cc2c(c(OC)c1)[C@@H](c1ccc(C(=O)O)cc1)C1=C(CCCC1=O)N2. The van der Waals surface area contributed by atoms with Crippen LogP contribution in [-0.2, 0) is 4.79 Å². The number of nitrogens with one attached hydrogen (secondary N) is 1. The van der Waals surface area contributed by atoms with Gasteiger partial charge in [-0.25, -0.2) is 4.79 Å². The molecular formula is C22H21NO5. The summed E-state index contributed by atoms with van der Waals surface area (Å²) in [5.41, 5.74) is 4.44. The number of fused-ring (bicyclic) bond motifs is 1. The number of hydrogen-bond acceptors (Lipinski definition) is 5. The van der Waals surface area contributed by atoms with Crippen LogP contribution in [0.3, 0.4) is 0 Å². The lowest BCUT2D eigenvalue weighted by Crippen LogP contribution is -2.27. The van der Waals surface area contributed by atoms with Crippen LogP contribution >= 0.6 is 0 Å². The summed E-state index contributed by atoms with van der Waals surface area (Å²) in [5, 5.41) is 12.6. The van der Waals surface area contributed by atoms with Crippen LogP contribution in [0.25, 0.3) is 0 Å². The Hall–Kier alpha value is -3.28. The average molecular weight is 379 g/mol. The first-order chi connectivity index (χ1) is 13.5. The van der Waals surface area contributed by atoms with Gasteiger partial charge in [-0.2, -0.15) is 0 Å². The molecule has 1 aliphatic heterocycles.